The molecule has 1 aromatic carbocycles. The van der Waals surface area contributed by atoms with Gasteiger partial charge >= 0.3 is 0 Å². The minimum Gasteiger partial charge on any atom is -0.354 e. The van der Waals surface area contributed by atoms with Crippen molar-refractivity contribution in [3.63, 3.8) is 0 Å². The van der Waals surface area contributed by atoms with Gasteiger partial charge in [-0.25, -0.2) is 4.98 Å². The molecule has 126 valence electrons. The lowest BCUT2D eigenvalue weighted by Gasteiger charge is -2.37. The fourth-order valence-electron chi connectivity index (χ4n) is 3.89. The highest BCUT2D eigenvalue weighted by Gasteiger charge is 2.19. The summed E-state index contributed by atoms with van der Waals surface area (Å²) in [5.74, 6) is 1.12. The molecule has 2 aromatic rings. The quantitative estimate of drug-likeness (QED) is 0.838. The smallest absolute Gasteiger partial charge is 0.129 e. The standard InChI is InChI=1S/C21H27N3/c1-16(2)23-11-13-24(14-12-23)21-10-8-19-15-18(7-9-20(19)22-21)17-5-3-4-6-17/h5,7-10,15-16H,3-4,6,11-14H2,1-2H3. The Morgan fingerprint density at radius 3 is 2.54 bits per heavy atom. The van der Waals surface area contributed by atoms with Gasteiger partial charge in [0.15, 0.2) is 0 Å². The van der Waals surface area contributed by atoms with Gasteiger partial charge in [0.1, 0.15) is 5.82 Å². The maximum absolute atomic E-state index is 4.92. The van der Waals surface area contributed by atoms with E-state index in [1.807, 2.05) is 0 Å². The molecule has 1 saturated heterocycles. The third-order valence-electron chi connectivity index (χ3n) is 5.45. The van der Waals surface area contributed by atoms with E-state index in [-0.39, 0.29) is 0 Å². The summed E-state index contributed by atoms with van der Waals surface area (Å²) in [4.78, 5) is 9.89. The van der Waals surface area contributed by atoms with Crippen LogP contribution in [0.5, 0.6) is 0 Å². The molecule has 0 spiro atoms. The van der Waals surface area contributed by atoms with Crippen LogP contribution in [-0.2, 0) is 0 Å². The number of allylic oxidation sites excluding steroid dienone is 2. The predicted octanol–water partition coefficient (Wildman–Crippen LogP) is 4.33. The van der Waals surface area contributed by atoms with E-state index in [1.54, 1.807) is 0 Å². The molecular formula is C21H27N3. The van der Waals surface area contributed by atoms with Crippen LogP contribution < -0.4 is 4.90 Å². The largest absolute Gasteiger partial charge is 0.354 e. The van der Waals surface area contributed by atoms with Gasteiger partial charge in [0.2, 0.25) is 0 Å². The summed E-state index contributed by atoms with van der Waals surface area (Å²) < 4.78 is 0. The van der Waals surface area contributed by atoms with E-state index in [0.29, 0.717) is 6.04 Å². The Labute approximate surface area is 145 Å². The summed E-state index contributed by atoms with van der Waals surface area (Å²) in [5, 5.41) is 1.25. The zero-order valence-corrected chi connectivity index (χ0v) is 14.8. The minimum atomic E-state index is 0.639. The van der Waals surface area contributed by atoms with Crippen LogP contribution in [0.3, 0.4) is 0 Å². The lowest BCUT2D eigenvalue weighted by molar-refractivity contribution is 0.209. The Morgan fingerprint density at radius 1 is 1.00 bits per heavy atom. The summed E-state index contributed by atoms with van der Waals surface area (Å²) in [6.45, 7) is 8.96. The lowest BCUT2D eigenvalue weighted by atomic mass is 10.0. The van der Waals surface area contributed by atoms with Crippen molar-refractivity contribution in [1.82, 2.24) is 9.88 Å². The number of piperazine rings is 1. The number of anilines is 1. The van der Waals surface area contributed by atoms with Crippen molar-refractivity contribution in [2.24, 2.45) is 0 Å². The zero-order chi connectivity index (χ0) is 16.5. The van der Waals surface area contributed by atoms with Gasteiger partial charge in [-0.05, 0) is 68.5 Å². The maximum atomic E-state index is 4.92. The summed E-state index contributed by atoms with van der Waals surface area (Å²) in [7, 11) is 0. The zero-order valence-electron chi connectivity index (χ0n) is 14.8. The van der Waals surface area contributed by atoms with E-state index in [9.17, 15) is 0 Å². The van der Waals surface area contributed by atoms with Crippen molar-refractivity contribution in [2.75, 3.05) is 31.1 Å². The molecule has 1 aliphatic carbocycles. The Morgan fingerprint density at radius 2 is 1.83 bits per heavy atom. The average molecular weight is 321 g/mol. The SMILES string of the molecule is CC(C)N1CCN(c2ccc3cc(C4=CCCC4)ccc3n2)CC1. The molecule has 3 nitrogen and oxygen atoms in total. The first-order valence-electron chi connectivity index (χ1n) is 9.30. The molecule has 0 radical (unpaired) electrons. The second-order valence-corrected chi connectivity index (χ2v) is 7.32. The predicted molar refractivity (Wildman–Crippen MR) is 102 cm³/mol. The summed E-state index contributed by atoms with van der Waals surface area (Å²) in [6, 6.07) is 11.8. The third kappa shape index (κ3) is 3.05. The molecule has 0 bridgehead atoms. The number of nitrogens with zero attached hydrogens (tertiary/aromatic N) is 3. The number of pyridine rings is 1. The fourth-order valence-corrected chi connectivity index (χ4v) is 3.89. The van der Waals surface area contributed by atoms with E-state index < -0.39 is 0 Å². The van der Waals surface area contributed by atoms with Crippen molar-refractivity contribution in [3.8, 4) is 0 Å². The van der Waals surface area contributed by atoms with Crippen molar-refractivity contribution in [3.05, 3.63) is 42.0 Å². The van der Waals surface area contributed by atoms with Crippen LogP contribution in [0.15, 0.2) is 36.4 Å². The van der Waals surface area contributed by atoms with Crippen molar-refractivity contribution >= 4 is 22.3 Å². The second kappa shape index (κ2) is 6.56. The van der Waals surface area contributed by atoms with Crippen LogP contribution >= 0.6 is 0 Å². The summed E-state index contributed by atoms with van der Waals surface area (Å²) in [5.41, 5.74) is 3.99. The van der Waals surface area contributed by atoms with E-state index in [4.69, 9.17) is 4.98 Å². The lowest BCUT2D eigenvalue weighted by Crippen LogP contribution is -2.49. The number of fused-ring (bicyclic) bond motifs is 1. The molecule has 2 aliphatic rings. The Hall–Kier alpha value is -1.87. The molecule has 1 fully saturated rings. The van der Waals surface area contributed by atoms with E-state index in [0.717, 1.165) is 37.5 Å². The summed E-state index contributed by atoms with van der Waals surface area (Å²) in [6.07, 6.45) is 6.13. The number of aromatic nitrogens is 1. The molecule has 1 aromatic heterocycles. The number of rotatable bonds is 3. The molecule has 0 atom stereocenters. The van der Waals surface area contributed by atoms with E-state index >= 15 is 0 Å². The average Bonchev–Trinajstić information content (AvgIpc) is 3.15. The monoisotopic (exact) mass is 321 g/mol. The first-order chi connectivity index (χ1) is 11.7. The van der Waals surface area contributed by atoms with Gasteiger partial charge in [-0.1, -0.05) is 12.1 Å². The molecule has 1 aliphatic heterocycles. The molecule has 2 heterocycles. The van der Waals surface area contributed by atoms with Gasteiger partial charge in [0, 0.05) is 37.6 Å². The van der Waals surface area contributed by atoms with Gasteiger partial charge < -0.3 is 4.90 Å². The second-order valence-electron chi connectivity index (χ2n) is 7.32. The first kappa shape index (κ1) is 15.6. The number of hydrogen-bond acceptors (Lipinski definition) is 3. The highest BCUT2D eigenvalue weighted by atomic mass is 15.3. The molecule has 24 heavy (non-hydrogen) atoms. The van der Waals surface area contributed by atoms with E-state index in [1.165, 1.54) is 35.8 Å². The molecule has 0 amide bonds. The van der Waals surface area contributed by atoms with Crippen LogP contribution in [-0.4, -0.2) is 42.1 Å². The van der Waals surface area contributed by atoms with Gasteiger partial charge in [0.25, 0.3) is 0 Å². The van der Waals surface area contributed by atoms with Crippen molar-refractivity contribution in [2.45, 2.75) is 39.2 Å². The van der Waals surface area contributed by atoms with Gasteiger partial charge in [-0.15, -0.1) is 0 Å². The fraction of sp³-hybridized carbons (Fsp3) is 0.476. The van der Waals surface area contributed by atoms with Gasteiger partial charge in [0.05, 0.1) is 5.52 Å². The topological polar surface area (TPSA) is 19.4 Å². The molecule has 4 rings (SSSR count). The van der Waals surface area contributed by atoms with E-state index in [2.05, 4.69) is 60.1 Å². The highest BCUT2D eigenvalue weighted by Crippen LogP contribution is 2.30. The minimum absolute atomic E-state index is 0.639. The summed E-state index contributed by atoms with van der Waals surface area (Å²) >= 11 is 0. The van der Waals surface area contributed by atoms with Crippen LogP contribution in [0.25, 0.3) is 16.5 Å². The van der Waals surface area contributed by atoms with Gasteiger partial charge in [-0.3, -0.25) is 4.90 Å². The first-order valence-corrected chi connectivity index (χ1v) is 9.30. The molecule has 3 heteroatoms. The molecular weight excluding hydrogens is 294 g/mol. The Kier molecular flexibility index (Phi) is 4.28. The van der Waals surface area contributed by atoms with Gasteiger partial charge in [-0.2, -0.15) is 0 Å². The molecule has 0 unspecified atom stereocenters. The van der Waals surface area contributed by atoms with Crippen LogP contribution in [0.2, 0.25) is 0 Å². The Balaban J connectivity index is 1.54. The van der Waals surface area contributed by atoms with Crippen molar-refractivity contribution < 1.29 is 0 Å². The third-order valence-corrected chi connectivity index (χ3v) is 5.45. The Bertz CT molecular complexity index is 755. The van der Waals surface area contributed by atoms with Crippen LogP contribution in [0, 0.1) is 0 Å². The van der Waals surface area contributed by atoms with Crippen LogP contribution in [0.4, 0.5) is 5.82 Å². The van der Waals surface area contributed by atoms with Crippen molar-refractivity contribution in [1.29, 1.82) is 0 Å². The highest BCUT2D eigenvalue weighted by molar-refractivity contribution is 5.85. The van der Waals surface area contributed by atoms with Crippen LogP contribution in [0.1, 0.15) is 38.7 Å². The maximum Gasteiger partial charge on any atom is 0.129 e. The molecule has 0 saturated carbocycles. The molecule has 0 N–H and O–H groups in total. The normalized spacial score (nSPS) is 19.3. The number of benzene rings is 1. The number of hydrogen-bond donors (Lipinski definition) is 0.